The van der Waals surface area contributed by atoms with Gasteiger partial charge in [-0.2, -0.15) is 13.2 Å². The van der Waals surface area contributed by atoms with Gasteiger partial charge in [-0.25, -0.2) is 4.39 Å². The van der Waals surface area contributed by atoms with E-state index in [1.165, 1.54) is 18.2 Å². The Hall–Kier alpha value is -2.98. The summed E-state index contributed by atoms with van der Waals surface area (Å²) in [7, 11) is 0. The molecule has 40 heavy (non-hydrogen) atoms. The third kappa shape index (κ3) is 5.00. The van der Waals surface area contributed by atoms with E-state index >= 15 is 0 Å². The number of hydrogen-bond donors (Lipinski definition) is 1. The van der Waals surface area contributed by atoms with Crippen molar-refractivity contribution in [3.05, 3.63) is 70.5 Å². The van der Waals surface area contributed by atoms with Crippen LogP contribution in [0.5, 0.6) is 0 Å². The van der Waals surface area contributed by atoms with Crippen LogP contribution >= 0.6 is 0 Å². The summed E-state index contributed by atoms with van der Waals surface area (Å²) in [4.78, 5) is 29.8. The van der Waals surface area contributed by atoms with Gasteiger partial charge in [-0.05, 0) is 91.4 Å². The molecule has 1 aliphatic carbocycles. The largest absolute Gasteiger partial charge is 0.481 e. The molecular formula is C30H32F4N2O4. The van der Waals surface area contributed by atoms with Gasteiger partial charge in [0.05, 0.1) is 18.1 Å². The number of carboxylic acid groups (broad SMARTS) is 1. The second-order valence-corrected chi connectivity index (χ2v) is 11.7. The highest BCUT2D eigenvalue weighted by atomic mass is 19.4. The predicted octanol–water partition coefficient (Wildman–Crippen LogP) is 5.20. The quantitative estimate of drug-likeness (QED) is 0.509. The zero-order chi connectivity index (χ0) is 28.2. The maximum atomic E-state index is 13.9. The lowest BCUT2D eigenvalue weighted by Gasteiger charge is -2.47. The number of hydrogen-bond acceptors (Lipinski definition) is 4. The molecule has 6 nitrogen and oxygen atoms in total. The molecule has 10 heteroatoms. The van der Waals surface area contributed by atoms with Gasteiger partial charge in [0.2, 0.25) is 0 Å². The maximum absolute atomic E-state index is 13.9. The van der Waals surface area contributed by atoms with E-state index in [-0.39, 0.29) is 42.7 Å². The van der Waals surface area contributed by atoms with Crippen molar-refractivity contribution in [3.63, 3.8) is 0 Å². The van der Waals surface area contributed by atoms with Crippen molar-refractivity contribution in [1.82, 2.24) is 9.80 Å². The van der Waals surface area contributed by atoms with Crippen LogP contribution in [0.1, 0.15) is 60.3 Å². The van der Waals surface area contributed by atoms with Crippen LogP contribution < -0.4 is 0 Å². The first kappa shape index (κ1) is 27.2. The van der Waals surface area contributed by atoms with Crippen molar-refractivity contribution < 1.29 is 37.0 Å². The van der Waals surface area contributed by atoms with Gasteiger partial charge in [0.15, 0.2) is 0 Å². The van der Waals surface area contributed by atoms with Crippen LogP contribution in [0, 0.1) is 17.7 Å². The van der Waals surface area contributed by atoms with Crippen molar-refractivity contribution in [2.45, 2.75) is 68.9 Å². The van der Waals surface area contributed by atoms with E-state index in [1.807, 2.05) is 0 Å². The van der Waals surface area contributed by atoms with Gasteiger partial charge in [-0.1, -0.05) is 18.2 Å². The van der Waals surface area contributed by atoms with E-state index in [2.05, 4.69) is 4.90 Å². The average molecular weight is 561 g/mol. The normalized spacial score (nSPS) is 29.3. The average Bonchev–Trinajstić information content (AvgIpc) is 3.71. The number of ether oxygens (including phenoxy) is 1. The molecule has 0 bridgehead atoms. The number of rotatable bonds is 5. The SMILES string of the molecule is O=C(O)[C@@H]1CN([C@@H]2CC[C@@](C(=O)N3Cc4ccc(C(F)(F)F)cc4C3)(C3CC3)OC2)CC[C@H]1c1ccc(F)cc1. The van der Waals surface area contributed by atoms with Crippen LogP contribution in [-0.4, -0.2) is 58.1 Å². The Balaban J connectivity index is 1.12. The summed E-state index contributed by atoms with van der Waals surface area (Å²) in [6.45, 7) is 1.72. The van der Waals surface area contributed by atoms with E-state index in [1.54, 1.807) is 17.0 Å². The summed E-state index contributed by atoms with van der Waals surface area (Å²) in [5.41, 5.74) is 0.373. The van der Waals surface area contributed by atoms with E-state index in [0.29, 0.717) is 44.5 Å². The number of nitrogens with zero attached hydrogens (tertiary/aromatic N) is 2. The van der Waals surface area contributed by atoms with Crippen LogP contribution in [0.15, 0.2) is 42.5 Å². The molecule has 3 fully saturated rings. The molecule has 4 aliphatic rings. The van der Waals surface area contributed by atoms with Crippen LogP contribution in [0.25, 0.3) is 0 Å². The number of amides is 1. The number of halogens is 4. The van der Waals surface area contributed by atoms with E-state index in [9.17, 15) is 32.3 Å². The molecular weight excluding hydrogens is 528 g/mol. The number of carboxylic acids is 1. The Bertz CT molecular complexity index is 1290. The minimum absolute atomic E-state index is 0.0270. The monoisotopic (exact) mass is 560 g/mol. The fourth-order valence-electron chi connectivity index (χ4n) is 6.93. The van der Waals surface area contributed by atoms with Crippen molar-refractivity contribution in [3.8, 4) is 0 Å². The van der Waals surface area contributed by atoms with Gasteiger partial charge in [-0.3, -0.25) is 14.5 Å². The Morgan fingerprint density at radius 1 is 0.975 bits per heavy atom. The molecule has 4 atom stereocenters. The molecule has 1 N–H and O–H groups in total. The van der Waals surface area contributed by atoms with Crippen LogP contribution in [0.4, 0.5) is 17.6 Å². The number of aliphatic carboxylic acids is 1. The van der Waals surface area contributed by atoms with Crippen molar-refractivity contribution in [2.75, 3.05) is 19.7 Å². The summed E-state index contributed by atoms with van der Waals surface area (Å²) >= 11 is 0. The van der Waals surface area contributed by atoms with Gasteiger partial charge in [0.25, 0.3) is 5.91 Å². The van der Waals surface area contributed by atoms with E-state index < -0.39 is 29.2 Å². The molecule has 0 radical (unpaired) electrons. The standard InChI is InChI=1S/C30H32F4N2O4/c31-23-7-2-18(3-8-23)25-10-12-35(16-26(25)27(37)38)24-9-11-29(40-17-24,21-5-6-21)28(39)36-14-19-1-4-22(30(32,33)34)13-20(19)15-36/h1-4,7-8,13,21,24-26H,5-6,9-12,14-17H2,(H,37,38)/t24-,25+,26-,29+/m1/s1. The summed E-state index contributed by atoms with van der Waals surface area (Å²) in [5.74, 6) is -2.16. The molecule has 0 aromatic heterocycles. The molecule has 6 rings (SSSR count). The van der Waals surface area contributed by atoms with Gasteiger partial charge < -0.3 is 14.7 Å². The number of likely N-dealkylation sites (tertiary alicyclic amines) is 1. The van der Waals surface area contributed by atoms with Gasteiger partial charge in [-0.15, -0.1) is 0 Å². The molecule has 1 saturated carbocycles. The first-order chi connectivity index (χ1) is 19.0. The molecule has 1 amide bonds. The first-order valence-corrected chi connectivity index (χ1v) is 13.9. The van der Waals surface area contributed by atoms with Crippen molar-refractivity contribution >= 4 is 11.9 Å². The topological polar surface area (TPSA) is 70.1 Å². The lowest BCUT2D eigenvalue weighted by molar-refractivity contribution is -0.177. The second kappa shape index (κ2) is 10.1. The summed E-state index contributed by atoms with van der Waals surface area (Å²) < 4.78 is 59.5. The molecule has 0 unspecified atom stereocenters. The van der Waals surface area contributed by atoms with Crippen LogP contribution in [-0.2, 0) is 33.6 Å². The minimum Gasteiger partial charge on any atom is -0.481 e. The van der Waals surface area contributed by atoms with Crippen molar-refractivity contribution in [2.24, 2.45) is 11.8 Å². The molecule has 0 spiro atoms. The lowest BCUT2D eigenvalue weighted by Crippen LogP contribution is -2.58. The lowest BCUT2D eigenvalue weighted by atomic mass is 9.79. The zero-order valence-electron chi connectivity index (χ0n) is 22.0. The Kier molecular flexibility index (Phi) is 6.89. The minimum atomic E-state index is -4.43. The van der Waals surface area contributed by atoms with Crippen LogP contribution in [0.2, 0.25) is 0 Å². The number of benzene rings is 2. The highest BCUT2D eigenvalue weighted by molar-refractivity contribution is 5.87. The van der Waals surface area contributed by atoms with E-state index in [4.69, 9.17) is 4.74 Å². The molecule has 3 aliphatic heterocycles. The number of alkyl halides is 3. The maximum Gasteiger partial charge on any atom is 0.416 e. The summed E-state index contributed by atoms with van der Waals surface area (Å²) in [5, 5.41) is 9.99. The van der Waals surface area contributed by atoms with Crippen molar-refractivity contribution in [1.29, 1.82) is 0 Å². The zero-order valence-corrected chi connectivity index (χ0v) is 22.0. The molecule has 2 aromatic carbocycles. The third-order valence-corrected chi connectivity index (χ3v) is 9.30. The Morgan fingerprint density at radius 2 is 1.70 bits per heavy atom. The number of carbonyl (C=O) groups excluding carboxylic acids is 1. The van der Waals surface area contributed by atoms with Crippen LogP contribution in [0.3, 0.4) is 0 Å². The highest BCUT2D eigenvalue weighted by Crippen LogP contribution is 2.49. The summed E-state index contributed by atoms with van der Waals surface area (Å²) in [6.07, 6.45) is -0.889. The Morgan fingerprint density at radius 3 is 2.33 bits per heavy atom. The van der Waals surface area contributed by atoms with Gasteiger partial charge in [0, 0.05) is 25.7 Å². The fourth-order valence-corrected chi connectivity index (χ4v) is 6.93. The van der Waals surface area contributed by atoms with Gasteiger partial charge >= 0.3 is 12.1 Å². The molecule has 214 valence electrons. The molecule has 2 aromatic rings. The number of carbonyl (C=O) groups is 2. The Labute approximate surface area is 229 Å². The second-order valence-electron chi connectivity index (χ2n) is 11.7. The van der Waals surface area contributed by atoms with Gasteiger partial charge in [0.1, 0.15) is 11.4 Å². The number of fused-ring (bicyclic) bond motifs is 1. The molecule has 2 saturated heterocycles. The highest BCUT2D eigenvalue weighted by Gasteiger charge is 2.56. The van der Waals surface area contributed by atoms with E-state index in [0.717, 1.165) is 36.1 Å². The first-order valence-electron chi connectivity index (χ1n) is 13.9. The number of piperidine rings is 1. The predicted molar refractivity (Wildman–Crippen MR) is 137 cm³/mol. The smallest absolute Gasteiger partial charge is 0.416 e. The fraction of sp³-hybridized carbons (Fsp3) is 0.533. The molecule has 3 heterocycles. The summed E-state index contributed by atoms with van der Waals surface area (Å²) in [6, 6.07) is 9.67. The third-order valence-electron chi connectivity index (χ3n) is 9.30.